The molecule has 3 rings (SSSR count). The molecule has 2 atom stereocenters. The third-order valence-corrected chi connectivity index (χ3v) is 6.57. The van der Waals surface area contributed by atoms with Gasteiger partial charge in [0.1, 0.15) is 0 Å². The molecule has 2 N–H and O–H groups in total. The van der Waals surface area contributed by atoms with Crippen molar-refractivity contribution in [3.8, 4) is 0 Å². The molecule has 0 aromatic heterocycles. The number of aliphatic imine (C=N–C) groups is 1. The highest BCUT2D eigenvalue weighted by Crippen LogP contribution is 2.43. The summed E-state index contributed by atoms with van der Waals surface area (Å²) >= 11 is 0. The van der Waals surface area contributed by atoms with E-state index in [4.69, 9.17) is 14.5 Å². The van der Waals surface area contributed by atoms with Crippen LogP contribution in [0, 0.1) is 5.41 Å². The van der Waals surface area contributed by atoms with Crippen LogP contribution < -0.4 is 10.6 Å². The minimum Gasteiger partial charge on any atom is -0.385 e. The molecule has 1 saturated heterocycles. The molecule has 1 saturated carbocycles. The Bertz CT molecular complexity index is 684. The summed E-state index contributed by atoms with van der Waals surface area (Å²) < 4.78 is 11.2. The van der Waals surface area contributed by atoms with E-state index in [1.807, 2.05) is 0 Å². The van der Waals surface area contributed by atoms with E-state index in [2.05, 4.69) is 60.6 Å². The molecule has 1 aromatic carbocycles. The number of benzene rings is 1. The lowest BCUT2D eigenvalue weighted by Gasteiger charge is -2.42. The van der Waals surface area contributed by atoms with Gasteiger partial charge in [-0.2, -0.15) is 0 Å². The van der Waals surface area contributed by atoms with Gasteiger partial charge in [-0.25, -0.2) is 4.99 Å². The summed E-state index contributed by atoms with van der Waals surface area (Å²) in [6, 6.07) is 8.90. The third-order valence-electron chi connectivity index (χ3n) is 6.57. The van der Waals surface area contributed by atoms with Crippen LogP contribution in [-0.4, -0.2) is 63.0 Å². The molecule has 32 heavy (non-hydrogen) atoms. The molecular formula is C25H43IN4O2. The first kappa shape index (κ1) is 27.3. The Morgan fingerprint density at radius 2 is 1.78 bits per heavy atom. The molecule has 2 unspecified atom stereocenters. The highest BCUT2D eigenvalue weighted by atomic mass is 127. The second-order valence-electron chi connectivity index (χ2n) is 9.41. The van der Waals surface area contributed by atoms with Crippen molar-refractivity contribution >= 4 is 29.9 Å². The Morgan fingerprint density at radius 3 is 2.34 bits per heavy atom. The average Bonchev–Trinajstić information content (AvgIpc) is 2.71. The molecular weight excluding hydrogens is 515 g/mol. The lowest BCUT2D eigenvalue weighted by atomic mass is 9.67. The van der Waals surface area contributed by atoms with E-state index >= 15 is 0 Å². The third kappa shape index (κ3) is 8.47. The Hall–Kier alpha value is -0.900. The number of guanidine groups is 1. The smallest absolute Gasteiger partial charge is 0.191 e. The largest absolute Gasteiger partial charge is 0.385 e. The molecule has 1 heterocycles. The fraction of sp³-hybridized carbons (Fsp3) is 0.720. The van der Waals surface area contributed by atoms with Crippen LogP contribution in [0.5, 0.6) is 0 Å². The maximum absolute atomic E-state index is 5.84. The second-order valence-corrected chi connectivity index (χ2v) is 9.41. The summed E-state index contributed by atoms with van der Waals surface area (Å²) in [7, 11) is 1.79. The van der Waals surface area contributed by atoms with Crippen LogP contribution in [0.2, 0.25) is 0 Å². The Balaban J connectivity index is 0.00000363. The van der Waals surface area contributed by atoms with Crippen LogP contribution in [0.1, 0.15) is 57.6 Å². The summed E-state index contributed by atoms with van der Waals surface area (Å²) in [5.74, 6) is 0.909. The number of nitrogens with zero attached hydrogens (tertiary/aromatic N) is 2. The van der Waals surface area contributed by atoms with Gasteiger partial charge in [0, 0.05) is 46.4 Å². The van der Waals surface area contributed by atoms with E-state index in [0.29, 0.717) is 24.2 Å². The SMILES string of the molecule is CCNC(=NCc1ccc(CN2CC(C)OC(C)C2)cc1)NCC1(CCOC)CCC1.I. The molecule has 0 amide bonds. The average molecular weight is 559 g/mol. The number of morpholine rings is 1. The fourth-order valence-electron chi connectivity index (χ4n) is 4.72. The summed E-state index contributed by atoms with van der Waals surface area (Å²) in [5.41, 5.74) is 2.97. The highest BCUT2D eigenvalue weighted by Gasteiger charge is 2.36. The van der Waals surface area contributed by atoms with E-state index in [-0.39, 0.29) is 24.0 Å². The van der Waals surface area contributed by atoms with Crippen LogP contribution in [0.3, 0.4) is 0 Å². The van der Waals surface area contributed by atoms with E-state index in [0.717, 1.165) is 51.7 Å². The van der Waals surface area contributed by atoms with Crippen molar-refractivity contribution in [1.82, 2.24) is 15.5 Å². The van der Waals surface area contributed by atoms with Crippen LogP contribution in [0.25, 0.3) is 0 Å². The van der Waals surface area contributed by atoms with E-state index < -0.39 is 0 Å². The lowest BCUT2D eigenvalue weighted by Crippen LogP contribution is -2.46. The number of hydrogen-bond donors (Lipinski definition) is 2. The van der Waals surface area contributed by atoms with Crippen LogP contribution in [0.4, 0.5) is 0 Å². The molecule has 1 aromatic rings. The number of hydrogen-bond acceptors (Lipinski definition) is 4. The van der Waals surface area contributed by atoms with Gasteiger partial charge in [-0.15, -0.1) is 24.0 Å². The summed E-state index contributed by atoms with van der Waals surface area (Å²) in [4.78, 5) is 7.31. The van der Waals surface area contributed by atoms with E-state index in [1.54, 1.807) is 7.11 Å². The molecule has 182 valence electrons. The summed E-state index contributed by atoms with van der Waals surface area (Å²) in [6.07, 6.45) is 5.63. The minimum absolute atomic E-state index is 0. The standard InChI is InChI=1S/C25H42N4O2.HI/c1-5-26-24(28-19-25(11-6-12-25)13-14-30-4)27-15-22-7-9-23(10-8-22)18-29-16-20(2)31-21(3)17-29;/h7-10,20-21H,5-6,11-19H2,1-4H3,(H2,26,27,28);1H. The number of nitrogens with one attached hydrogen (secondary N) is 2. The second kappa shape index (κ2) is 13.7. The first-order valence-electron chi connectivity index (χ1n) is 12.0. The van der Waals surface area contributed by atoms with Gasteiger partial charge in [-0.05, 0) is 56.6 Å². The van der Waals surface area contributed by atoms with Crippen molar-refractivity contribution in [2.75, 3.05) is 39.9 Å². The fourth-order valence-corrected chi connectivity index (χ4v) is 4.72. The first-order chi connectivity index (χ1) is 15.0. The van der Waals surface area contributed by atoms with Gasteiger partial charge in [0.15, 0.2) is 5.96 Å². The lowest BCUT2D eigenvalue weighted by molar-refractivity contribution is -0.0704. The van der Waals surface area contributed by atoms with Gasteiger partial charge in [-0.1, -0.05) is 30.7 Å². The van der Waals surface area contributed by atoms with Crippen molar-refractivity contribution < 1.29 is 9.47 Å². The summed E-state index contributed by atoms with van der Waals surface area (Å²) in [5, 5.41) is 6.97. The summed E-state index contributed by atoms with van der Waals surface area (Å²) in [6.45, 7) is 12.8. The molecule has 1 aliphatic carbocycles. The number of rotatable bonds is 10. The van der Waals surface area contributed by atoms with Gasteiger partial charge < -0.3 is 20.1 Å². The Kier molecular flexibility index (Phi) is 11.7. The van der Waals surface area contributed by atoms with Crippen LogP contribution in [-0.2, 0) is 22.6 Å². The van der Waals surface area contributed by atoms with Gasteiger partial charge in [0.25, 0.3) is 0 Å². The predicted molar refractivity (Wildman–Crippen MR) is 143 cm³/mol. The zero-order valence-corrected chi connectivity index (χ0v) is 22.7. The minimum atomic E-state index is 0. The molecule has 6 nitrogen and oxygen atoms in total. The van der Waals surface area contributed by atoms with Gasteiger partial charge in [-0.3, -0.25) is 4.90 Å². The van der Waals surface area contributed by atoms with Crippen LogP contribution in [0.15, 0.2) is 29.3 Å². The normalized spacial score (nSPS) is 23.2. The van der Waals surface area contributed by atoms with Crippen molar-refractivity contribution in [3.05, 3.63) is 35.4 Å². The quantitative estimate of drug-likeness (QED) is 0.257. The van der Waals surface area contributed by atoms with Crippen LogP contribution >= 0.6 is 24.0 Å². The maximum Gasteiger partial charge on any atom is 0.191 e. The van der Waals surface area contributed by atoms with Gasteiger partial charge >= 0.3 is 0 Å². The Labute approximate surface area is 211 Å². The maximum atomic E-state index is 5.84. The van der Waals surface area contributed by atoms with Gasteiger partial charge in [0.05, 0.1) is 18.8 Å². The van der Waals surface area contributed by atoms with Crippen molar-refractivity contribution in [2.45, 2.75) is 71.8 Å². The van der Waals surface area contributed by atoms with Crippen molar-refractivity contribution in [2.24, 2.45) is 10.4 Å². The predicted octanol–water partition coefficient (Wildman–Crippen LogP) is 4.18. The zero-order valence-electron chi connectivity index (χ0n) is 20.4. The molecule has 7 heteroatoms. The van der Waals surface area contributed by atoms with Gasteiger partial charge in [0.2, 0.25) is 0 Å². The Morgan fingerprint density at radius 1 is 1.12 bits per heavy atom. The monoisotopic (exact) mass is 558 g/mol. The zero-order chi connectivity index (χ0) is 22.1. The van der Waals surface area contributed by atoms with E-state index in [9.17, 15) is 0 Å². The number of ether oxygens (including phenoxy) is 2. The molecule has 2 aliphatic rings. The highest BCUT2D eigenvalue weighted by molar-refractivity contribution is 14.0. The van der Waals surface area contributed by atoms with Crippen molar-refractivity contribution in [3.63, 3.8) is 0 Å². The molecule has 0 bridgehead atoms. The number of methoxy groups -OCH3 is 1. The van der Waals surface area contributed by atoms with Crippen molar-refractivity contribution in [1.29, 1.82) is 0 Å². The first-order valence-corrected chi connectivity index (χ1v) is 12.0. The van der Waals surface area contributed by atoms with E-state index in [1.165, 1.54) is 30.4 Å². The molecule has 2 fully saturated rings. The molecule has 1 aliphatic heterocycles. The molecule has 0 radical (unpaired) electrons. The number of halogens is 1. The molecule has 0 spiro atoms. The topological polar surface area (TPSA) is 58.1 Å².